The molecule has 1 aliphatic rings. The first-order valence-corrected chi connectivity index (χ1v) is 9.34. The first-order chi connectivity index (χ1) is 13.8. The Bertz CT molecular complexity index is 1020. The van der Waals surface area contributed by atoms with Gasteiger partial charge < -0.3 is 10.1 Å². The molecule has 0 radical (unpaired) electrons. The number of carbonyl (C=O) groups is 3. The van der Waals surface area contributed by atoms with Crippen LogP contribution >= 0.6 is 35.4 Å². The molecular formula is C19H13Cl2N3O4S. The fourth-order valence-electron chi connectivity index (χ4n) is 2.40. The van der Waals surface area contributed by atoms with Crippen molar-refractivity contribution in [2.75, 3.05) is 11.9 Å². The van der Waals surface area contributed by atoms with Crippen molar-refractivity contribution in [2.45, 2.75) is 0 Å². The highest BCUT2D eigenvalue weighted by molar-refractivity contribution is 7.80. The second-order valence-corrected chi connectivity index (χ2v) is 7.10. The molecule has 0 bridgehead atoms. The number of anilines is 1. The van der Waals surface area contributed by atoms with Gasteiger partial charge in [0.2, 0.25) is 0 Å². The fourth-order valence-corrected chi connectivity index (χ4v) is 2.89. The van der Waals surface area contributed by atoms with Gasteiger partial charge in [-0.05, 0) is 60.8 Å². The molecule has 7 nitrogen and oxygen atoms in total. The van der Waals surface area contributed by atoms with Crippen LogP contribution < -0.4 is 20.7 Å². The van der Waals surface area contributed by atoms with Crippen LogP contribution in [0.15, 0.2) is 48.0 Å². The summed E-state index contributed by atoms with van der Waals surface area (Å²) in [6.45, 7) is -0.303. The normalized spacial score (nSPS) is 13.4. The Hall–Kier alpha value is -2.94. The molecule has 10 heteroatoms. The summed E-state index contributed by atoms with van der Waals surface area (Å²) in [6.07, 6.45) is 1.31. The third-order valence-electron chi connectivity index (χ3n) is 3.70. The summed E-state index contributed by atoms with van der Waals surface area (Å²) >= 11 is 16.6. The maximum atomic E-state index is 12.1. The molecular weight excluding hydrogens is 437 g/mol. The van der Waals surface area contributed by atoms with E-state index in [1.165, 1.54) is 18.2 Å². The van der Waals surface area contributed by atoms with Gasteiger partial charge in [-0.1, -0.05) is 23.2 Å². The molecule has 3 amide bonds. The van der Waals surface area contributed by atoms with Crippen molar-refractivity contribution in [3.8, 4) is 5.75 Å². The van der Waals surface area contributed by atoms with E-state index in [2.05, 4.69) is 16.0 Å². The van der Waals surface area contributed by atoms with Crippen molar-refractivity contribution in [1.82, 2.24) is 10.6 Å². The summed E-state index contributed by atoms with van der Waals surface area (Å²) in [4.78, 5) is 36.2. The van der Waals surface area contributed by atoms with Gasteiger partial charge in [0.05, 0.1) is 0 Å². The number of carbonyl (C=O) groups excluding carboxylic acids is 3. The SMILES string of the molecule is O=C(COc1ccc(Cl)cc1C=C1C(=O)NC(=S)NC1=O)Nc1ccc(Cl)cc1. The van der Waals surface area contributed by atoms with Crippen molar-refractivity contribution in [1.29, 1.82) is 0 Å². The van der Waals surface area contributed by atoms with Gasteiger partial charge in [0, 0.05) is 21.3 Å². The number of ether oxygens (including phenoxy) is 1. The Morgan fingerprint density at radius 1 is 1.03 bits per heavy atom. The second kappa shape index (κ2) is 9.04. The molecule has 29 heavy (non-hydrogen) atoms. The Kier molecular flexibility index (Phi) is 6.48. The molecule has 1 heterocycles. The van der Waals surface area contributed by atoms with Gasteiger partial charge in [0.25, 0.3) is 17.7 Å². The number of hydrogen-bond acceptors (Lipinski definition) is 5. The molecule has 2 aromatic carbocycles. The minimum atomic E-state index is -0.648. The molecule has 0 unspecified atom stereocenters. The predicted octanol–water partition coefficient (Wildman–Crippen LogP) is 2.93. The molecule has 2 aromatic rings. The molecule has 148 valence electrons. The van der Waals surface area contributed by atoms with Gasteiger partial charge in [0.15, 0.2) is 11.7 Å². The maximum Gasteiger partial charge on any atom is 0.263 e. The summed E-state index contributed by atoms with van der Waals surface area (Å²) in [5.74, 6) is -1.43. The van der Waals surface area contributed by atoms with Crippen LogP contribution in [0.3, 0.4) is 0 Å². The van der Waals surface area contributed by atoms with E-state index >= 15 is 0 Å². The van der Waals surface area contributed by atoms with Crippen LogP contribution in [-0.4, -0.2) is 29.4 Å². The summed E-state index contributed by atoms with van der Waals surface area (Å²) in [6, 6.07) is 11.2. The largest absolute Gasteiger partial charge is 0.483 e. The van der Waals surface area contributed by atoms with E-state index in [0.29, 0.717) is 21.3 Å². The minimum absolute atomic E-state index is 0.0708. The summed E-state index contributed by atoms with van der Waals surface area (Å²) < 4.78 is 5.55. The van der Waals surface area contributed by atoms with E-state index in [9.17, 15) is 14.4 Å². The molecule has 1 fully saturated rings. The van der Waals surface area contributed by atoms with Gasteiger partial charge in [-0.15, -0.1) is 0 Å². The summed E-state index contributed by atoms with van der Waals surface area (Å²) in [7, 11) is 0. The molecule has 0 aromatic heterocycles. The first-order valence-electron chi connectivity index (χ1n) is 8.18. The van der Waals surface area contributed by atoms with Gasteiger partial charge >= 0.3 is 0 Å². The highest BCUT2D eigenvalue weighted by atomic mass is 35.5. The first kappa shape index (κ1) is 20.8. The lowest BCUT2D eigenvalue weighted by Crippen LogP contribution is -2.51. The van der Waals surface area contributed by atoms with Gasteiger partial charge in [0.1, 0.15) is 11.3 Å². The third-order valence-corrected chi connectivity index (χ3v) is 4.39. The summed E-state index contributed by atoms with van der Waals surface area (Å²) in [5, 5.41) is 8.19. The van der Waals surface area contributed by atoms with Gasteiger partial charge in [-0.2, -0.15) is 0 Å². The van der Waals surface area contributed by atoms with E-state index in [0.717, 1.165) is 0 Å². The monoisotopic (exact) mass is 449 g/mol. The van der Waals surface area contributed by atoms with Crippen molar-refractivity contribution in [3.63, 3.8) is 0 Å². The number of thiocarbonyl (C=S) groups is 1. The molecule has 0 aliphatic carbocycles. The lowest BCUT2D eigenvalue weighted by Gasteiger charge is -2.17. The van der Waals surface area contributed by atoms with Crippen LogP contribution in [0.5, 0.6) is 5.75 Å². The maximum absolute atomic E-state index is 12.1. The van der Waals surface area contributed by atoms with Crippen LogP contribution in [0.1, 0.15) is 5.56 Å². The average Bonchev–Trinajstić information content (AvgIpc) is 2.66. The predicted molar refractivity (Wildman–Crippen MR) is 114 cm³/mol. The van der Waals surface area contributed by atoms with E-state index < -0.39 is 17.7 Å². The zero-order valence-electron chi connectivity index (χ0n) is 14.6. The number of benzene rings is 2. The summed E-state index contributed by atoms with van der Waals surface area (Å²) in [5.41, 5.74) is 0.745. The Morgan fingerprint density at radius 3 is 2.31 bits per heavy atom. The standard InChI is InChI=1S/C19H13Cl2N3O4S/c20-11-1-4-13(5-2-11)22-16(25)9-28-15-6-3-12(21)7-10(15)8-14-17(26)23-19(29)24-18(14)27/h1-8H,9H2,(H,22,25)(H2,23,24,26,27,29). The average molecular weight is 450 g/mol. The smallest absolute Gasteiger partial charge is 0.263 e. The van der Waals surface area contributed by atoms with Crippen LogP contribution in [0.25, 0.3) is 6.08 Å². The number of hydrogen-bond donors (Lipinski definition) is 3. The van der Waals surface area contributed by atoms with Crippen LogP contribution in [0.4, 0.5) is 5.69 Å². The van der Waals surface area contributed by atoms with Crippen molar-refractivity contribution in [3.05, 3.63) is 63.6 Å². The highest BCUT2D eigenvalue weighted by Crippen LogP contribution is 2.26. The molecule has 0 spiro atoms. The van der Waals surface area contributed by atoms with E-state index in [-0.39, 0.29) is 23.0 Å². The van der Waals surface area contributed by atoms with Crippen LogP contribution in [0, 0.1) is 0 Å². The second-order valence-electron chi connectivity index (χ2n) is 5.82. The Labute approximate surface area is 181 Å². The Balaban J connectivity index is 1.75. The molecule has 3 rings (SSSR count). The lowest BCUT2D eigenvalue weighted by atomic mass is 10.1. The molecule has 0 saturated carbocycles. The third kappa shape index (κ3) is 5.54. The minimum Gasteiger partial charge on any atom is -0.483 e. The Morgan fingerprint density at radius 2 is 1.66 bits per heavy atom. The van der Waals surface area contributed by atoms with E-state index in [1.807, 2.05) is 0 Å². The van der Waals surface area contributed by atoms with Gasteiger partial charge in [-0.3, -0.25) is 25.0 Å². The number of halogens is 2. The molecule has 1 aliphatic heterocycles. The van der Waals surface area contributed by atoms with Crippen molar-refractivity contribution < 1.29 is 19.1 Å². The van der Waals surface area contributed by atoms with E-state index in [4.69, 9.17) is 40.2 Å². The number of amides is 3. The van der Waals surface area contributed by atoms with Crippen molar-refractivity contribution >= 4 is 70.0 Å². The number of rotatable bonds is 5. The molecule has 1 saturated heterocycles. The zero-order chi connectivity index (χ0) is 21.0. The van der Waals surface area contributed by atoms with Crippen LogP contribution in [0.2, 0.25) is 10.0 Å². The zero-order valence-corrected chi connectivity index (χ0v) is 17.0. The molecule has 3 N–H and O–H groups in total. The topological polar surface area (TPSA) is 96.5 Å². The molecule has 0 atom stereocenters. The highest BCUT2D eigenvalue weighted by Gasteiger charge is 2.26. The van der Waals surface area contributed by atoms with E-state index in [1.54, 1.807) is 30.3 Å². The van der Waals surface area contributed by atoms with Gasteiger partial charge in [-0.25, -0.2) is 0 Å². The fraction of sp³-hybridized carbons (Fsp3) is 0.0526. The quantitative estimate of drug-likeness (QED) is 0.370. The number of nitrogens with one attached hydrogen (secondary N) is 3. The van der Waals surface area contributed by atoms with Crippen LogP contribution in [-0.2, 0) is 14.4 Å². The lowest BCUT2D eigenvalue weighted by molar-refractivity contribution is -0.123. The van der Waals surface area contributed by atoms with Crippen molar-refractivity contribution in [2.24, 2.45) is 0 Å².